The second kappa shape index (κ2) is 7.95. The zero-order valence-electron chi connectivity index (χ0n) is 16.3. The van der Waals surface area contributed by atoms with E-state index >= 15 is 0 Å². The Bertz CT molecular complexity index is 1230. The zero-order valence-corrected chi connectivity index (χ0v) is 17.1. The van der Waals surface area contributed by atoms with Gasteiger partial charge in [-0.3, -0.25) is 0 Å². The number of carbonyl (C=O) groups is 1. The van der Waals surface area contributed by atoms with Gasteiger partial charge >= 0.3 is 12.1 Å². The first-order valence-corrected chi connectivity index (χ1v) is 9.82. The predicted octanol–water partition coefficient (Wildman–Crippen LogP) is 3.81. The summed E-state index contributed by atoms with van der Waals surface area (Å²) in [5, 5.41) is 13.7. The highest BCUT2D eigenvalue weighted by Crippen LogP contribution is 2.32. The number of hydrogen-bond donors (Lipinski definition) is 0. The van der Waals surface area contributed by atoms with Gasteiger partial charge < -0.3 is 9.30 Å². The van der Waals surface area contributed by atoms with Crippen molar-refractivity contribution in [1.82, 2.24) is 29.5 Å². The van der Waals surface area contributed by atoms with Gasteiger partial charge in [-0.15, -0.1) is 26.6 Å². The fraction of sp³-hybridized carbons (Fsp3) is 0.211. The first-order valence-electron chi connectivity index (χ1n) is 8.94. The van der Waals surface area contributed by atoms with E-state index in [1.54, 1.807) is 36.1 Å². The smallest absolute Gasteiger partial charge is 0.416 e. The summed E-state index contributed by atoms with van der Waals surface area (Å²) in [5.74, 6) is 0.208. The molecule has 0 spiro atoms. The van der Waals surface area contributed by atoms with Crippen LogP contribution in [0.4, 0.5) is 13.2 Å². The first kappa shape index (κ1) is 20.7. The molecular formula is C19H15F3N6O2S. The van der Waals surface area contributed by atoms with Gasteiger partial charge in [-0.1, -0.05) is 12.1 Å². The molecule has 4 aromatic rings. The molecule has 12 heteroatoms. The molecule has 0 bridgehead atoms. The number of thiophene rings is 1. The van der Waals surface area contributed by atoms with Crippen LogP contribution in [0, 0.1) is 6.92 Å². The fourth-order valence-corrected chi connectivity index (χ4v) is 3.43. The maximum Gasteiger partial charge on any atom is 0.416 e. The van der Waals surface area contributed by atoms with Crippen molar-refractivity contribution < 1.29 is 22.7 Å². The van der Waals surface area contributed by atoms with Crippen molar-refractivity contribution in [2.75, 3.05) is 0 Å². The van der Waals surface area contributed by atoms with Gasteiger partial charge in [0.1, 0.15) is 5.82 Å². The molecule has 3 aromatic heterocycles. The molecular weight excluding hydrogens is 433 g/mol. The Balaban J connectivity index is 1.68. The Hall–Kier alpha value is -3.54. The lowest BCUT2D eigenvalue weighted by Gasteiger charge is -2.09. The van der Waals surface area contributed by atoms with Gasteiger partial charge in [-0.25, -0.2) is 9.48 Å². The predicted molar refractivity (Wildman–Crippen MR) is 105 cm³/mol. The van der Waals surface area contributed by atoms with Crippen LogP contribution in [0.1, 0.15) is 27.8 Å². The maximum absolute atomic E-state index is 13.2. The van der Waals surface area contributed by atoms with Crippen molar-refractivity contribution in [3.63, 3.8) is 0 Å². The van der Waals surface area contributed by atoms with E-state index in [9.17, 15) is 18.0 Å². The number of hydrogen-bond acceptors (Lipinski definition) is 7. The molecule has 0 N–H and O–H groups in total. The molecule has 8 nitrogen and oxygen atoms in total. The molecule has 0 unspecified atom stereocenters. The fourth-order valence-electron chi connectivity index (χ4n) is 2.73. The summed E-state index contributed by atoms with van der Waals surface area (Å²) in [7, 11) is 1.73. The van der Waals surface area contributed by atoms with Gasteiger partial charge in [0, 0.05) is 7.05 Å². The Morgan fingerprint density at radius 1 is 1.19 bits per heavy atom. The Kier molecular flexibility index (Phi) is 5.31. The van der Waals surface area contributed by atoms with Crippen LogP contribution in [0.2, 0.25) is 0 Å². The minimum atomic E-state index is -4.52. The van der Waals surface area contributed by atoms with Crippen LogP contribution in [0.5, 0.6) is 0 Å². The molecule has 160 valence electrons. The zero-order chi connectivity index (χ0) is 22.2. The third-order valence-electron chi connectivity index (χ3n) is 4.46. The Labute approximate surface area is 177 Å². The van der Waals surface area contributed by atoms with Crippen molar-refractivity contribution in [2.45, 2.75) is 19.7 Å². The number of halogens is 3. The molecule has 0 saturated carbocycles. The van der Waals surface area contributed by atoms with Crippen LogP contribution < -0.4 is 0 Å². The van der Waals surface area contributed by atoms with Crippen molar-refractivity contribution in [3.8, 4) is 16.4 Å². The van der Waals surface area contributed by atoms with E-state index in [1.165, 1.54) is 28.2 Å². The number of rotatable bonds is 5. The van der Waals surface area contributed by atoms with E-state index < -0.39 is 17.7 Å². The normalized spacial score (nSPS) is 11.6. The molecule has 0 aliphatic carbocycles. The van der Waals surface area contributed by atoms with E-state index in [2.05, 4.69) is 20.3 Å². The Morgan fingerprint density at radius 3 is 2.65 bits per heavy atom. The van der Waals surface area contributed by atoms with Crippen LogP contribution >= 0.6 is 11.3 Å². The van der Waals surface area contributed by atoms with Gasteiger partial charge in [0.05, 0.1) is 16.1 Å². The minimum absolute atomic E-state index is 0.119. The van der Waals surface area contributed by atoms with Gasteiger partial charge in [-0.05, 0) is 36.6 Å². The molecule has 1 aromatic carbocycles. The highest BCUT2D eigenvalue weighted by atomic mass is 32.1. The quantitative estimate of drug-likeness (QED) is 0.432. The van der Waals surface area contributed by atoms with Crippen LogP contribution in [0.15, 0.2) is 41.8 Å². The lowest BCUT2D eigenvalue weighted by molar-refractivity contribution is -0.137. The summed E-state index contributed by atoms with van der Waals surface area (Å²) in [6.07, 6.45) is -4.52. The second-order valence-corrected chi connectivity index (χ2v) is 7.44. The van der Waals surface area contributed by atoms with Crippen LogP contribution in [0.3, 0.4) is 0 Å². The molecule has 4 rings (SSSR count). The van der Waals surface area contributed by atoms with Gasteiger partial charge in [0.15, 0.2) is 18.3 Å². The lowest BCUT2D eigenvalue weighted by Crippen LogP contribution is -2.11. The standard InChI is InChI=1S/C19H15F3N6O2S/c1-11-24-25-15(27(11)2)10-30-18(29)16-23-17(14-7-4-8-31-14)28(26-16)13-6-3-5-12(9-13)19(20,21)22/h3-9H,10H2,1-2H3. The average Bonchev–Trinajstić information content (AvgIpc) is 3.47. The van der Waals surface area contributed by atoms with Crippen LogP contribution in [-0.4, -0.2) is 35.5 Å². The monoisotopic (exact) mass is 448 g/mol. The summed E-state index contributed by atoms with van der Waals surface area (Å²) in [5.41, 5.74) is -0.715. The number of carbonyl (C=O) groups excluding carboxylic acids is 1. The molecule has 0 aliphatic heterocycles. The molecule has 0 radical (unpaired) electrons. The van der Waals surface area contributed by atoms with E-state index in [0.29, 0.717) is 16.5 Å². The van der Waals surface area contributed by atoms with Crippen molar-refractivity contribution in [1.29, 1.82) is 0 Å². The van der Waals surface area contributed by atoms with Gasteiger partial charge in [-0.2, -0.15) is 18.2 Å². The number of esters is 1. The minimum Gasteiger partial charge on any atom is -0.452 e. The molecule has 0 fully saturated rings. The van der Waals surface area contributed by atoms with E-state index in [0.717, 1.165) is 12.1 Å². The molecule has 0 aliphatic rings. The number of benzene rings is 1. The summed E-state index contributed by atoms with van der Waals surface area (Å²) in [4.78, 5) is 17.4. The number of alkyl halides is 3. The second-order valence-electron chi connectivity index (χ2n) is 6.49. The van der Waals surface area contributed by atoms with Gasteiger partial charge in [0.25, 0.3) is 5.82 Å². The summed E-state index contributed by atoms with van der Waals surface area (Å²) in [6.45, 7) is 1.60. The van der Waals surface area contributed by atoms with Crippen molar-refractivity contribution >= 4 is 17.3 Å². The van der Waals surface area contributed by atoms with Crippen LogP contribution in [-0.2, 0) is 24.6 Å². The first-order chi connectivity index (χ1) is 14.7. The molecule has 0 amide bonds. The highest BCUT2D eigenvalue weighted by Gasteiger charge is 2.31. The third-order valence-corrected chi connectivity index (χ3v) is 5.33. The Morgan fingerprint density at radius 2 is 2.00 bits per heavy atom. The number of nitrogens with zero attached hydrogens (tertiary/aromatic N) is 6. The van der Waals surface area contributed by atoms with Gasteiger partial charge in [0.2, 0.25) is 0 Å². The van der Waals surface area contributed by atoms with Crippen LogP contribution in [0.25, 0.3) is 16.4 Å². The topological polar surface area (TPSA) is 87.7 Å². The summed E-state index contributed by atoms with van der Waals surface area (Å²) < 4.78 is 47.6. The van der Waals surface area contributed by atoms with E-state index in [4.69, 9.17) is 4.74 Å². The van der Waals surface area contributed by atoms with Crippen molar-refractivity contribution in [2.24, 2.45) is 7.05 Å². The molecule has 3 heterocycles. The largest absolute Gasteiger partial charge is 0.452 e. The molecule has 0 atom stereocenters. The van der Waals surface area contributed by atoms with E-state index in [-0.39, 0.29) is 23.9 Å². The number of aromatic nitrogens is 6. The summed E-state index contributed by atoms with van der Waals surface area (Å²) >= 11 is 1.32. The number of aryl methyl sites for hydroxylation is 1. The molecule has 31 heavy (non-hydrogen) atoms. The average molecular weight is 448 g/mol. The highest BCUT2D eigenvalue weighted by molar-refractivity contribution is 7.13. The summed E-state index contributed by atoms with van der Waals surface area (Å²) in [6, 6.07) is 8.13. The lowest BCUT2D eigenvalue weighted by atomic mass is 10.2. The van der Waals surface area contributed by atoms with E-state index in [1.807, 2.05) is 0 Å². The SMILES string of the molecule is Cc1nnc(COC(=O)c2nc(-c3cccs3)n(-c3cccc(C(F)(F)F)c3)n2)n1C. The van der Waals surface area contributed by atoms with Crippen molar-refractivity contribution in [3.05, 3.63) is 64.8 Å². The number of ether oxygens (including phenoxy) is 1. The maximum atomic E-state index is 13.2. The third kappa shape index (κ3) is 4.19. The molecule has 0 saturated heterocycles.